The molecule has 0 radical (unpaired) electrons. The Bertz CT molecular complexity index is 607. The van der Waals surface area contributed by atoms with Gasteiger partial charge in [0.25, 0.3) is 0 Å². The van der Waals surface area contributed by atoms with Crippen molar-refractivity contribution in [3.63, 3.8) is 0 Å². The summed E-state index contributed by atoms with van der Waals surface area (Å²) in [5, 5.41) is 12.2. The van der Waals surface area contributed by atoms with E-state index in [1.54, 1.807) is 20.6 Å². The normalized spacial score (nSPS) is 18.4. The first-order chi connectivity index (χ1) is 13.2. The van der Waals surface area contributed by atoms with Gasteiger partial charge in [-0.3, -0.25) is 24.0 Å². The van der Waals surface area contributed by atoms with Crippen LogP contribution < -0.4 is 5.32 Å². The minimum atomic E-state index is -4.42. The van der Waals surface area contributed by atoms with Crippen molar-refractivity contribution in [3.05, 3.63) is 6.20 Å². The molecular formula is C15H27N4O8P. The van der Waals surface area contributed by atoms with Gasteiger partial charge in [-0.15, -0.1) is 0 Å². The number of ether oxygens (including phenoxy) is 1. The maximum absolute atomic E-state index is 11.8. The Kier molecular flexibility index (Phi) is 10.9. The highest BCUT2D eigenvalue weighted by Gasteiger charge is 2.19. The molecule has 0 spiro atoms. The van der Waals surface area contributed by atoms with Gasteiger partial charge in [-0.05, 0) is 0 Å². The Labute approximate surface area is 162 Å². The van der Waals surface area contributed by atoms with Gasteiger partial charge in [-0.25, -0.2) is 4.79 Å². The molecule has 28 heavy (non-hydrogen) atoms. The number of rotatable bonds is 7. The molecule has 0 aromatic carbocycles. The van der Waals surface area contributed by atoms with Gasteiger partial charge in [-0.1, -0.05) is 0 Å². The number of nitrogens with one attached hydrogen (secondary N) is 1. The van der Waals surface area contributed by atoms with Gasteiger partial charge in [0.15, 0.2) is 6.35 Å². The smallest absolute Gasteiger partial charge is 0.362 e. The van der Waals surface area contributed by atoms with Crippen molar-refractivity contribution in [1.82, 2.24) is 20.0 Å². The zero-order valence-electron chi connectivity index (χ0n) is 15.5. The minimum Gasteiger partial charge on any atom is -0.480 e. The average molecular weight is 422 g/mol. The number of aliphatic carboxylic acids is 1. The molecule has 0 unspecified atom stereocenters. The molecule has 0 aromatic rings. The first-order valence-electron chi connectivity index (χ1n) is 8.72. The Balaban J connectivity index is 2.65. The molecule has 0 saturated carbocycles. The lowest BCUT2D eigenvalue weighted by atomic mass is 10.3. The first-order valence-corrected chi connectivity index (χ1v) is 10.5. The van der Waals surface area contributed by atoms with Gasteiger partial charge < -0.3 is 29.8 Å². The van der Waals surface area contributed by atoms with E-state index in [0.29, 0.717) is 52.4 Å². The Morgan fingerprint density at radius 1 is 1.04 bits per heavy atom. The lowest BCUT2D eigenvalue weighted by Gasteiger charge is -2.29. The van der Waals surface area contributed by atoms with Crippen LogP contribution in [0.25, 0.3) is 0 Å². The van der Waals surface area contributed by atoms with E-state index in [9.17, 15) is 18.9 Å². The zero-order chi connectivity index (χ0) is 21.0. The number of nitrogens with zero attached hydrogens (tertiary/aromatic N) is 3. The molecule has 4 N–H and O–H groups in total. The number of carboxylic acid groups (broad SMARTS) is 1. The van der Waals surface area contributed by atoms with Gasteiger partial charge in [0.05, 0.1) is 19.3 Å². The molecule has 0 aliphatic carbocycles. The molecule has 0 atom stereocenters. The van der Waals surface area contributed by atoms with Crippen molar-refractivity contribution in [2.45, 2.75) is 0 Å². The second-order valence-electron chi connectivity index (χ2n) is 6.29. The minimum absolute atomic E-state index is 0.0993. The SMILES string of the molecule is O=C=CN1CCN(CC(=O)O)CCNCCN(CC(=O)OCP(=O)(O)O)CC1. The molecule has 1 saturated heterocycles. The Hall–Kier alpha value is -1.78. The third-order valence-electron chi connectivity index (χ3n) is 3.96. The maximum Gasteiger partial charge on any atom is 0.362 e. The monoisotopic (exact) mass is 422 g/mol. The predicted octanol–water partition coefficient (Wildman–Crippen LogP) is -2.40. The fourth-order valence-electron chi connectivity index (χ4n) is 2.57. The van der Waals surface area contributed by atoms with E-state index in [-0.39, 0.29) is 13.1 Å². The van der Waals surface area contributed by atoms with Gasteiger partial charge in [-0.2, -0.15) is 0 Å². The van der Waals surface area contributed by atoms with Gasteiger partial charge >= 0.3 is 19.5 Å². The summed E-state index contributed by atoms with van der Waals surface area (Å²) in [7, 11) is -4.42. The van der Waals surface area contributed by atoms with Crippen LogP contribution in [0.2, 0.25) is 0 Å². The summed E-state index contributed by atoms with van der Waals surface area (Å²) in [6.07, 6.45) is 0.282. The van der Waals surface area contributed by atoms with E-state index in [4.69, 9.17) is 14.9 Å². The van der Waals surface area contributed by atoms with Crippen LogP contribution >= 0.6 is 7.60 Å². The van der Waals surface area contributed by atoms with Crippen LogP contribution in [0, 0.1) is 0 Å². The molecule has 0 amide bonds. The Morgan fingerprint density at radius 3 is 2.11 bits per heavy atom. The topological polar surface area (TPSA) is 160 Å². The Morgan fingerprint density at radius 2 is 1.61 bits per heavy atom. The second kappa shape index (κ2) is 12.6. The quantitative estimate of drug-likeness (QED) is 0.196. The second-order valence-corrected chi connectivity index (χ2v) is 7.88. The summed E-state index contributed by atoms with van der Waals surface area (Å²) in [6.45, 7) is 3.44. The molecule has 1 fully saturated rings. The fourth-order valence-corrected chi connectivity index (χ4v) is 2.88. The van der Waals surface area contributed by atoms with Crippen molar-refractivity contribution >= 4 is 25.5 Å². The third kappa shape index (κ3) is 11.8. The van der Waals surface area contributed by atoms with E-state index in [0.717, 1.165) is 0 Å². The number of carbonyl (C=O) groups excluding carboxylic acids is 2. The van der Waals surface area contributed by atoms with Gasteiger partial charge in [0.2, 0.25) is 0 Å². The van der Waals surface area contributed by atoms with E-state index < -0.39 is 25.9 Å². The molecule has 1 aliphatic rings. The lowest BCUT2D eigenvalue weighted by molar-refractivity contribution is -0.143. The van der Waals surface area contributed by atoms with Crippen LogP contribution in [0.4, 0.5) is 0 Å². The van der Waals surface area contributed by atoms with Crippen molar-refractivity contribution in [3.8, 4) is 0 Å². The van der Waals surface area contributed by atoms with E-state index in [1.807, 2.05) is 0 Å². The van der Waals surface area contributed by atoms with Crippen LogP contribution in [-0.4, -0.2) is 119 Å². The fraction of sp³-hybridized carbons (Fsp3) is 0.733. The number of esters is 1. The third-order valence-corrected chi connectivity index (χ3v) is 4.42. The zero-order valence-corrected chi connectivity index (χ0v) is 16.4. The largest absolute Gasteiger partial charge is 0.480 e. The highest BCUT2D eigenvalue weighted by Crippen LogP contribution is 2.33. The highest BCUT2D eigenvalue weighted by atomic mass is 31.2. The van der Waals surface area contributed by atoms with Crippen molar-refractivity contribution in [2.24, 2.45) is 0 Å². The van der Waals surface area contributed by atoms with E-state index in [2.05, 4.69) is 10.1 Å². The number of carboxylic acids is 1. The molecule has 13 heteroatoms. The number of hydrogen-bond acceptors (Lipinski definition) is 9. The summed E-state index contributed by atoms with van der Waals surface area (Å²) < 4.78 is 15.4. The van der Waals surface area contributed by atoms with Crippen LogP contribution in [0.1, 0.15) is 0 Å². The first kappa shape index (κ1) is 24.3. The maximum atomic E-state index is 11.8. The summed E-state index contributed by atoms with van der Waals surface area (Å²) >= 11 is 0. The number of hydrogen-bond donors (Lipinski definition) is 4. The summed E-state index contributed by atoms with van der Waals surface area (Å²) in [5.41, 5.74) is 0. The molecule has 1 heterocycles. The summed E-state index contributed by atoms with van der Waals surface area (Å²) in [6, 6.07) is 0. The highest BCUT2D eigenvalue weighted by molar-refractivity contribution is 7.51. The number of carbonyl (C=O) groups is 2. The van der Waals surface area contributed by atoms with Crippen LogP contribution in [-0.2, 0) is 23.7 Å². The molecule has 12 nitrogen and oxygen atoms in total. The van der Waals surface area contributed by atoms with Gasteiger partial charge in [0, 0.05) is 52.4 Å². The predicted molar refractivity (Wildman–Crippen MR) is 98.2 cm³/mol. The molecular weight excluding hydrogens is 395 g/mol. The molecule has 1 rings (SSSR count). The lowest BCUT2D eigenvalue weighted by Crippen LogP contribution is -2.45. The summed E-state index contributed by atoms with van der Waals surface area (Å²) in [5.74, 6) is 0.0289. The van der Waals surface area contributed by atoms with Crippen LogP contribution in [0.3, 0.4) is 0 Å². The average Bonchev–Trinajstić information content (AvgIpc) is 2.58. The molecule has 0 aromatic heterocycles. The standard InChI is InChI=1S/C15H27N4O8P/c20-10-9-17-5-7-18(11-14(21)22)3-1-16-2-4-19(8-6-17)12-15(23)27-13-28(24,25)26/h9,16H,1-8,11-13H2,(H,21,22)(H2,24,25,26). The molecule has 1 aliphatic heterocycles. The van der Waals surface area contributed by atoms with E-state index in [1.165, 1.54) is 6.20 Å². The van der Waals surface area contributed by atoms with Crippen molar-refractivity contribution in [2.75, 3.05) is 71.8 Å². The van der Waals surface area contributed by atoms with Crippen molar-refractivity contribution < 1.29 is 38.6 Å². The molecule has 160 valence electrons. The van der Waals surface area contributed by atoms with Crippen LogP contribution in [0.5, 0.6) is 0 Å². The van der Waals surface area contributed by atoms with Gasteiger partial charge in [0.1, 0.15) is 5.94 Å². The summed E-state index contributed by atoms with van der Waals surface area (Å²) in [4.78, 5) is 56.3. The molecule has 0 bridgehead atoms. The van der Waals surface area contributed by atoms with Crippen molar-refractivity contribution in [1.29, 1.82) is 0 Å². The van der Waals surface area contributed by atoms with Crippen LogP contribution in [0.15, 0.2) is 6.20 Å². The van der Waals surface area contributed by atoms with E-state index >= 15 is 0 Å².